The van der Waals surface area contributed by atoms with Crippen molar-refractivity contribution in [2.75, 3.05) is 0 Å². The van der Waals surface area contributed by atoms with E-state index >= 15 is 0 Å². The Balaban J connectivity index is 2.15. The average molecular weight is 409 g/mol. The lowest BCUT2D eigenvalue weighted by molar-refractivity contribution is 0.423. The highest BCUT2D eigenvalue weighted by Gasteiger charge is 2.27. The van der Waals surface area contributed by atoms with Gasteiger partial charge >= 0.3 is 0 Å². The van der Waals surface area contributed by atoms with Crippen molar-refractivity contribution < 1.29 is 10.2 Å². The zero-order valence-corrected chi connectivity index (χ0v) is 18.6. The van der Waals surface area contributed by atoms with E-state index in [1.54, 1.807) is 23.5 Å². The van der Waals surface area contributed by atoms with Gasteiger partial charge < -0.3 is 10.2 Å². The number of aromatic hydroxyl groups is 2. The summed E-state index contributed by atoms with van der Waals surface area (Å²) in [5.74, 6) is 0.121. The lowest BCUT2D eigenvalue weighted by Gasteiger charge is -2.28. The molecule has 0 bridgehead atoms. The van der Waals surface area contributed by atoms with Crippen LogP contribution in [0.25, 0.3) is 20.9 Å². The zero-order chi connectivity index (χ0) is 21.6. The van der Waals surface area contributed by atoms with E-state index in [4.69, 9.17) is 0 Å². The summed E-state index contributed by atoms with van der Waals surface area (Å²) in [5, 5.41) is 20.6. The van der Waals surface area contributed by atoms with Crippen LogP contribution in [0.15, 0.2) is 53.3 Å². The topological polar surface area (TPSA) is 57.5 Å². The van der Waals surface area contributed by atoms with Crippen molar-refractivity contribution >= 4 is 11.3 Å². The molecule has 152 valence electrons. The van der Waals surface area contributed by atoms with Gasteiger partial charge in [0.05, 0.1) is 0 Å². The monoisotopic (exact) mass is 408 g/mol. The molecule has 0 aliphatic rings. The Kier molecular flexibility index (Phi) is 5.35. The Morgan fingerprint density at radius 3 is 1.69 bits per heavy atom. The molecule has 29 heavy (non-hydrogen) atoms. The molecule has 0 atom stereocenters. The fourth-order valence-electron chi connectivity index (χ4n) is 3.29. The second kappa shape index (κ2) is 7.34. The molecule has 0 unspecified atom stereocenters. The summed E-state index contributed by atoms with van der Waals surface area (Å²) in [5.41, 5.74) is 3.05. The lowest BCUT2D eigenvalue weighted by atomic mass is 9.78. The summed E-state index contributed by atoms with van der Waals surface area (Å²) in [6.45, 7) is 12.6. The van der Waals surface area contributed by atoms with Gasteiger partial charge in [-0.3, -0.25) is 4.79 Å². The van der Waals surface area contributed by atoms with Crippen LogP contribution in [0.4, 0.5) is 0 Å². The Morgan fingerprint density at radius 2 is 1.17 bits per heavy atom. The molecule has 2 aromatic carbocycles. The Labute approximate surface area is 176 Å². The molecular weight excluding hydrogens is 380 g/mol. The first kappa shape index (κ1) is 21.1. The summed E-state index contributed by atoms with van der Waals surface area (Å²) in [4.78, 5) is 13.8. The van der Waals surface area contributed by atoms with Crippen LogP contribution in [-0.2, 0) is 10.8 Å². The fourth-order valence-corrected chi connectivity index (χ4v) is 4.29. The molecular formula is C25H28O3S. The van der Waals surface area contributed by atoms with E-state index < -0.39 is 5.43 Å². The summed E-state index contributed by atoms with van der Waals surface area (Å²) in [6, 6.07) is 14.6. The van der Waals surface area contributed by atoms with Gasteiger partial charge in [-0.2, -0.15) is 0 Å². The predicted molar refractivity (Wildman–Crippen MR) is 122 cm³/mol. The zero-order valence-electron chi connectivity index (χ0n) is 17.8. The molecule has 4 heteroatoms. The summed E-state index contributed by atoms with van der Waals surface area (Å²) < 4.78 is 0. The van der Waals surface area contributed by atoms with Crippen LogP contribution < -0.4 is 5.43 Å². The van der Waals surface area contributed by atoms with Crippen LogP contribution in [0.5, 0.6) is 11.5 Å². The molecule has 3 rings (SSSR count). The van der Waals surface area contributed by atoms with Crippen molar-refractivity contribution in [2.24, 2.45) is 0 Å². The van der Waals surface area contributed by atoms with Gasteiger partial charge in [-0.25, -0.2) is 0 Å². The highest BCUT2D eigenvalue weighted by Crippen LogP contribution is 2.43. The summed E-state index contributed by atoms with van der Waals surface area (Å²) >= 11 is 1.63. The fraction of sp³-hybridized carbons (Fsp3) is 0.320. The number of hydrogen-bond acceptors (Lipinski definition) is 4. The minimum Gasteiger partial charge on any atom is -0.507 e. The second-order valence-electron chi connectivity index (χ2n) is 9.46. The number of thiophene rings is 1. The molecule has 0 aliphatic heterocycles. The smallest absolute Gasteiger partial charge is 0.220 e. The maximum atomic E-state index is 11.7. The van der Waals surface area contributed by atoms with Gasteiger partial charge in [0.25, 0.3) is 0 Å². The highest BCUT2D eigenvalue weighted by atomic mass is 32.1. The normalized spacial score (nSPS) is 12.2. The van der Waals surface area contributed by atoms with Crippen molar-refractivity contribution in [3.63, 3.8) is 0 Å². The van der Waals surface area contributed by atoms with Gasteiger partial charge in [0, 0.05) is 20.9 Å². The largest absolute Gasteiger partial charge is 0.507 e. The number of benzene rings is 1. The average Bonchev–Trinajstić information content (AvgIpc) is 3.02. The lowest BCUT2D eigenvalue weighted by Crippen LogP contribution is -2.17. The highest BCUT2D eigenvalue weighted by molar-refractivity contribution is 7.18. The Morgan fingerprint density at radius 1 is 0.690 bits per heavy atom. The Bertz CT molecular complexity index is 1080. The van der Waals surface area contributed by atoms with Gasteiger partial charge in [-0.1, -0.05) is 41.5 Å². The van der Waals surface area contributed by atoms with E-state index in [2.05, 4.69) is 59.7 Å². The maximum absolute atomic E-state index is 11.7. The molecule has 2 N–H and O–H groups in total. The van der Waals surface area contributed by atoms with Gasteiger partial charge in [0.2, 0.25) is 5.43 Å². The van der Waals surface area contributed by atoms with Crippen LogP contribution in [0.3, 0.4) is 0 Å². The standard InChI is InChI=1S/C25H28O3S/c1-24(2,3)17-13-16(14-18(23(17)28)25(4,5)6)22-12-11-21(29-22)15-7-9-19(26)20(27)10-8-15/h7-14,28H,1-6H3,(H,26,27). The number of hydrogen-bond donors (Lipinski definition) is 2. The van der Waals surface area contributed by atoms with Crippen LogP contribution in [0, 0.1) is 0 Å². The first-order chi connectivity index (χ1) is 13.4. The van der Waals surface area contributed by atoms with Crippen LogP contribution in [-0.4, -0.2) is 10.2 Å². The quantitative estimate of drug-likeness (QED) is 0.512. The van der Waals surface area contributed by atoms with Crippen LogP contribution in [0.1, 0.15) is 52.7 Å². The Hall–Kier alpha value is -2.59. The maximum Gasteiger partial charge on any atom is 0.220 e. The number of phenolic OH excluding ortho intramolecular Hbond substituents is 1. The molecule has 0 saturated heterocycles. The molecule has 3 nitrogen and oxygen atoms in total. The number of rotatable bonds is 2. The third-order valence-corrected chi connectivity index (χ3v) is 6.17. The van der Waals surface area contributed by atoms with E-state index in [-0.39, 0.29) is 16.6 Å². The van der Waals surface area contributed by atoms with E-state index in [0.717, 1.165) is 32.0 Å². The van der Waals surface area contributed by atoms with Crippen molar-refractivity contribution in [3.8, 4) is 32.4 Å². The van der Waals surface area contributed by atoms with Gasteiger partial charge in [0.1, 0.15) is 5.75 Å². The van der Waals surface area contributed by atoms with Crippen LogP contribution in [0.2, 0.25) is 0 Å². The summed E-state index contributed by atoms with van der Waals surface area (Å²) in [6.07, 6.45) is 0. The van der Waals surface area contributed by atoms with Gasteiger partial charge in [-0.05, 0) is 70.5 Å². The van der Waals surface area contributed by atoms with E-state index in [0.29, 0.717) is 5.75 Å². The van der Waals surface area contributed by atoms with E-state index in [9.17, 15) is 15.0 Å². The second-order valence-corrected chi connectivity index (χ2v) is 10.5. The molecule has 0 spiro atoms. The predicted octanol–water partition coefficient (Wildman–Crippen LogP) is 6.45. The van der Waals surface area contributed by atoms with E-state index in [1.165, 1.54) is 12.1 Å². The molecule has 0 radical (unpaired) electrons. The first-order valence-corrected chi connectivity index (χ1v) is 10.5. The van der Waals surface area contributed by atoms with Crippen molar-refractivity contribution in [3.05, 3.63) is 69.9 Å². The third-order valence-electron chi connectivity index (χ3n) is 4.99. The molecule has 0 amide bonds. The van der Waals surface area contributed by atoms with Crippen molar-refractivity contribution in [1.29, 1.82) is 0 Å². The first-order valence-electron chi connectivity index (χ1n) is 9.70. The SMILES string of the molecule is CC(C)(C)c1cc(-c2ccc(-c3ccc(O)c(=O)cc3)s2)cc(C(C)(C)C)c1O. The minimum atomic E-state index is -0.392. The van der Waals surface area contributed by atoms with Gasteiger partial charge in [0.15, 0.2) is 5.75 Å². The van der Waals surface area contributed by atoms with Gasteiger partial charge in [-0.15, -0.1) is 11.3 Å². The molecule has 0 aliphatic carbocycles. The minimum absolute atomic E-state index is 0.185. The number of phenols is 1. The molecule has 0 fully saturated rings. The molecule has 1 aromatic heterocycles. The van der Waals surface area contributed by atoms with E-state index in [1.807, 2.05) is 6.07 Å². The van der Waals surface area contributed by atoms with Crippen molar-refractivity contribution in [2.45, 2.75) is 52.4 Å². The van der Waals surface area contributed by atoms with Crippen LogP contribution >= 0.6 is 11.3 Å². The molecule has 3 aromatic rings. The molecule has 1 heterocycles. The third kappa shape index (κ3) is 4.38. The summed E-state index contributed by atoms with van der Waals surface area (Å²) in [7, 11) is 0. The van der Waals surface area contributed by atoms with Crippen molar-refractivity contribution in [1.82, 2.24) is 0 Å². The molecule has 0 saturated carbocycles.